The van der Waals surface area contributed by atoms with Crippen LogP contribution in [0.5, 0.6) is 11.5 Å². The summed E-state index contributed by atoms with van der Waals surface area (Å²) < 4.78 is 6.92. The van der Waals surface area contributed by atoms with Gasteiger partial charge in [-0.3, -0.25) is 0 Å². The molecule has 0 aliphatic rings. The Morgan fingerprint density at radius 2 is 1.48 bits per heavy atom. The van der Waals surface area contributed by atoms with Gasteiger partial charge in [0.1, 0.15) is 16.5 Å². The lowest BCUT2D eigenvalue weighted by Crippen LogP contribution is -2.08. The van der Waals surface area contributed by atoms with Crippen molar-refractivity contribution in [2.45, 2.75) is 0 Å². The van der Waals surface area contributed by atoms with Crippen molar-refractivity contribution >= 4 is 43.9 Å². The van der Waals surface area contributed by atoms with Crippen LogP contribution in [0.25, 0.3) is 10.8 Å². The smallest absolute Gasteiger partial charge is 0.128 e. The average Bonchev–Trinajstić information content (AvgIpc) is 2.48. The molecule has 3 aromatic carbocycles. The second kappa shape index (κ2) is 5.84. The minimum Gasteiger partial charge on any atom is -0.457 e. The molecule has 0 atom stereocenters. The molecule has 0 unspecified atom stereocenters. The lowest BCUT2D eigenvalue weighted by atomic mass is 10.1. The third kappa shape index (κ3) is 3.23. The van der Waals surface area contributed by atoms with Gasteiger partial charge >= 0.3 is 0 Å². The monoisotopic (exact) mass is 357 g/mol. The highest BCUT2D eigenvalue weighted by molar-refractivity contribution is 9.10. The van der Waals surface area contributed by atoms with E-state index in [0.717, 1.165) is 26.9 Å². The van der Waals surface area contributed by atoms with Gasteiger partial charge in [0.05, 0.1) is 0 Å². The molecule has 0 aliphatic carbocycles. The van der Waals surface area contributed by atoms with Crippen molar-refractivity contribution in [2.75, 3.05) is 0 Å². The lowest BCUT2D eigenvalue weighted by molar-refractivity contribution is 0.483. The van der Waals surface area contributed by atoms with E-state index >= 15 is 0 Å². The molecule has 0 saturated carbocycles. The summed E-state index contributed by atoms with van der Waals surface area (Å²) in [5.41, 5.74) is 6.41. The number of benzene rings is 3. The Morgan fingerprint density at radius 3 is 2.19 bits per heavy atom. The van der Waals surface area contributed by atoms with E-state index in [0.29, 0.717) is 4.99 Å². The van der Waals surface area contributed by atoms with Crippen molar-refractivity contribution in [3.63, 3.8) is 0 Å². The zero-order chi connectivity index (χ0) is 14.8. The normalized spacial score (nSPS) is 10.5. The van der Waals surface area contributed by atoms with Crippen LogP contribution in [-0.4, -0.2) is 4.99 Å². The van der Waals surface area contributed by atoms with E-state index in [2.05, 4.69) is 28.1 Å². The molecule has 2 nitrogen and oxygen atoms in total. The highest BCUT2D eigenvalue weighted by Crippen LogP contribution is 2.27. The fraction of sp³-hybridized carbons (Fsp3) is 0. The van der Waals surface area contributed by atoms with Gasteiger partial charge in [0.25, 0.3) is 0 Å². The Hall–Kier alpha value is -1.91. The van der Waals surface area contributed by atoms with Gasteiger partial charge in [0, 0.05) is 10.0 Å². The predicted octanol–water partition coefficient (Wildman–Crippen LogP) is 5.03. The Labute approximate surface area is 136 Å². The summed E-state index contributed by atoms with van der Waals surface area (Å²) in [6, 6.07) is 19.6. The molecule has 0 fully saturated rings. The lowest BCUT2D eigenvalue weighted by Gasteiger charge is -2.08. The molecule has 3 aromatic rings. The number of nitrogens with two attached hydrogens (primary N) is 1. The number of ether oxygens (including phenoxy) is 1. The third-order valence-electron chi connectivity index (χ3n) is 3.15. The summed E-state index contributed by atoms with van der Waals surface area (Å²) in [4.78, 5) is 0.387. The summed E-state index contributed by atoms with van der Waals surface area (Å²) in [7, 11) is 0. The second-order valence-corrected chi connectivity index (χ2v) is 6.00. The first kappa shape index (κ1) is 14.0. The summed E-state index contributed by atoms with van der Waals surface area (Å²) in [6.45, 7) is 0. The molecule has 0 saturated heterocycles. The number of hydrogen-bond acceptors (Lipinski definition) is 2. The molecule has 0 heterocycles. The summed E-state index contributed by atoms with van der Waals surface area (Å²) >= 11 is 8.40. The molecule has 0 radical (unpaired) electrons. The quantitative estimate of drug-likeness (QED) is 0.667. The van der Waals surface area contributed by atoms with E-state index in [1.807, 2.05) is 48.5 Å². The maximum absolute atomic E-state index is 5.86. The van der Waals surface area contributed by atoms with E-state index in [4.69, 9.17) is 22.7 Å². The molecule has 3 rings (SSSR count). The van der Waals surface area contributed by atoms with E-state index in [1.54, 1.807) is 0 Å². The predicted molar refractivity (Wildman–Crippen MR) is 94.1 cm³/mol. The van der Waals surface area contributed by atoms with Crippen LogP contribution < -0.4 is 10.5 Å². The first-order valence-electron chi connectivity index (χ1n) is 6.39. The molecular weight excluding hydrogens is 346 g/mol. The highest BCUT2D eigenvalue weighted by Gasteiger charge is 2.01. The SMILES string of the molecule is NC(=S)c1ccc(Oc2ccc3cc(Br)ccc3c2)cc1. The van der Waals surface area contributed by atoms with Crippen LogP contribution in [0.3, 0.4) is 0 Å². The minimum absolute atomic E-state index is 0.387. The van der Waals surface area contributed by atoms with Crippen LogP contribution in [0.15, 0.2) is 65.1 Å². The van der Waals surface area contributed by atoms with Crippen LogP contribution in [0, 0.1) is 0 Å². The van der Waals surface area contributed by atoms with Crippen molar-refractivity contribution in [1.82, 2.24) is 0 Å². The minimum atomic E-state index is 0.387. The van der Waals surface area contributed by atoms with Gasteiger partial charge in [0.2, 0.25) is 0 Å². The molecule has 2 N–H and O–H groups in total. The Bertz CT molecular complexity index is 815. The van der Waals surface area contributed by atoms with Gasteiger partial charge in [0.15, 0.2) is 0 Å². The Balaban J connectivity index is 1.87. The van der Waals surface area contributed by atoms with Crippen LogP contribution in [0.4, 0.5) is 0 Å². The fourth-order valence-corrected chi connectivity index (χ4v) is 2.60. The third-order valence-corrected chi connectivity index (χ3v) is 3.88. The fourth-order valence-electron chi connectivity index (χ4n) is 2.08. The first-order valence-corrected chi connectivity index (χ1v) is 7.59. The highest BCUT2D eigenvalue weighted by atomic mass is 79.9. The molecule has 0 aliphatic heterocycles. The molecule has 0 bridgehead atoms. The average molecular weight is 358 g/mol. The van der Waals surface area contributed by atoms with Crippen LogP contribution in [0.1, 0.15) is 5.56 Å². The number of fused-ring (bicyclic) bond motifs is 1. The van der Waals surface area contributed by atoms with Gasteiger partial charge in [-0.1, -0.05) is 40.3 Å². The van der Waals surface area contributed by atoms with Crippen LogP contribution in [0.2, 0.25) is 0 Å². The van der Waals surface area contributed by atoms with E-state index in [1.165, 1.54) is 5.39 Å². The molecule has 0 aromatic heterocycles. The van der Waals surface area contributed by atoms with Crippen molar-refractivity contribution in [3.8, 4) is 11.5 Å². The topological polar surface area (TPSA) is 35.2 Å². The Kier molecular flexibility index (Phi) is 3.90. The molecular formula is C17H12BrNOS. The van der Waals surface area contributed by atoms with Crippen molar-refractivity contribution in [3.05, 3.63) is 70.7 Å². The zero-order valence-electron chi connectivity index (χ0n) is 11.0. The van der Waals surface area contributed by atoms with Gasteiger partial charge in [-0.2, -0.15) is 0 Å². The van der Waals surface area contributed by atoms with Crippen LogP contribution >= 0.6 is 28.1 Å². The standard InChI is InChI=1S/C17H12BrNOS/c18-14-5-1-13-10-16(8-4-12(13)9-14)20-15-6-2-11(3-7-15)17(19)21/h1-10H,(H2,19,21). The van der Waals surface area contributed by atoms with Gasteiger partial charge < -0.3 is 10.5 Å². The van der Waals surface area contributed by atoms with Gasteiger partial charge in [-0.05, 0) is 59.3 Å². The second-order valence-electron chi connectivity index (χ2n) is 4.64. The zero-order valence-corrected chi connectivity index (χ0v) is 13.4. The molecule has 104 valence electrons. The largest absolute Gasteiger partial charge is 0.457 e. The van der Waals surface area contributed by atoms with E-state index in [-0.39, 0.29) is 0 Å². The van der Waals surface area contributed by atoms with Crippen molar-refractivity contribution in [1.29, 1.82) is 0 Å². The molecule has 21 heavy (non-hydrogen) atoms. The number of thiocarbonyl (C=S) groups is 1. The molecule has 4 heteroatoms. The summed E-state index contributed by atoms with van der Waals surface area (Å²) in [5, 5.41) is 2.30. The number of rotatable bonds is 3. The molecule has 0 amide bonds. The van der Waals surface area contributed by atoms with Gasteiger partial charge in [-0.25, -0.2) is 0 Å². The maximum atomic E-state index is 5.86. The summed E-state index contributed by atoms with van der Waals surface area (Å²) in [5.74, 6) is 1.55. The van der Waals surface area contributed by atoms with Crippen LogP contribution in [-0.2, 0) is 0 Å². The molecule has 0 spiro atoms. The van der Waals surface area contributed by atoms with Gasteiger partial charge in [-0.15, -0.1) is 0 Å². The first-order chi connectivity index (χ1) is 10.1. The van der Waals surface area contributed by atoms with E-state index < -0.39 is 0 Å². The number of halogens is 1. The number of hydrogen-bond donors (Lipinski definition) is 1. The maximum Gasteiger partial charge on any atom is 0.128 e. The van der Waals surface area contributed by atoms with Crippen molar-refractivity contribution in [2.24, 2.45) is 5.73 Å². The van der Waals surface area contributed by atoms with E-state index in [9.17, 15) is 0 Å². The summed E-state index contributed by atoms with van der Waals surface area (Å²) in [6.07, 6.45) is 0. The van der Waals surface area contributed by atoms with Crippen molar-refractivity contribution < 1.29 is 4.74 Å². The Morgan fingerprint density at radius 1 is 0.857 bits per heavy atom.